The molecule has 0 aromatic heterocycles. The molecule has 4 N–H and O–H groups in total. The minimum absolute atomic E-state index is 0.218. The molecule has 2 rings (SSSR count). The van der Waals surface area contributed by atoms with E-state index in [1.165, 1.54) is 17.5 Å². The number of hydrogen-bond acceptors (Lipinski definition) is 3. The maximum absolute atomic E-state index is 11.1. The van der Waals surface area contributed by atoms with Crippen LogP contribution >= 0.6 is 0 Å². The van der Waals surface area contributed by atoms with Crippen LogP contribution in [0.25, 0.3) is 0 Å². The van der Waals surface area contributed by atoms with Gasteiger partial charge < -0.3 is 16.2 Å². The first-order valence-electron chi connectivity index (χ1n) is 7.79. The quantitative estimate of drug-likeness (QED) is 0.757. The molecule has 2 unspecified atom stereocenters. The molecule has 0 aliphatic heterocycles. The van der Waals surface area contributed by atoms with Gasteiger partial charge >= 0.3 is 0 Å². The first-order valence-corrected chi connectivity index (χ1v) is 7.79. The summed E-state index contributed by atoms with van der Waals surface area (Å²) < 4.78 is 6.03. The Balaban J connectivity index is 1.74. The number of primary amides is 1. The van der Waals surface area contributed by atoms with Crippen molar-refractivity contribution in [2.45, 2.75) is 57.1 Å². The molecule has 0 radical (unpaired) electrons. The smallest absolute Gasteiger partial charge is 0.237 e. The number of amides is 1. The molecule has 4 nitrogen and oxygen atoms in total. The highest BCUT2D eigenvalue weighted by atomic mass is 16.5. The highest BCUT2D eigenvalue weighted by Gasteiger charge is 2.25. The number of rotatable bonds is 7. The second-order valence-corrected chi connectivity index (χ2v) is 6.19. The number of carbonyl (C=O) groups excluding carboxylic acids is 1. The Morgan fingerprint density at radius 3 is 2.90 bits per heavy atom. The van der Waals surface area contributed by atoms with E-state index in [-0.39, 0.29) is 6.10 Å². The monoisotopic (exact) mass is 290 g/mol. The Kier molecular flexibility index (Phi) is 5.37. The Labute approximate surface area is 126 Å². The number of ether oxygens (including phenoxy) is 1. The van der Waals surface area contributed by atoms with E-state index in [0.717, 1.165) is 25.7 Å². The van der Waals surface area contributed by atoms with Gasteiger partial charge in [-0.3, -0.25) is 4.79 Å². The maximum atomic E-state index is 11.1. The molecule has 1 aliphatic rings. The summed E-state index contributed by atoms with van der Waals surface area (Å²) in [6, 6.07) is 8.53. The van der Waals surface area contributed by atoms with E-state index in [1.807, 2.05) is 0 Å². The fourth-order valence-corrected chi connectivity index (χ4v) is 2.83. The van der Waals surface area contributed by atoms with Crippen molar-refractivity contribution < 1.29 is 9.53 Å². The SMILES string of the molecule is CC(N)(CCCCOC1CCCc2ccccc21)C(N)=O. The van der Waals surface area contributed by atoms with Crippen LogP contribution in [0, 0.1) is 0 Å². The Morgan fingerprint density at radius 1 is 1.38 bits per heavy atom. The molecule has 0 heterocycles. The maximum Gasteiger partial charge on any atom is 0.237 e. The third kappa shape index (κ3) is 4.29. The lowest BCUT2D eigenvalue weighted by Gasteiger charge is -2.26. The molecule has 4 heteroatoms. The van der Waals surface area contributed by atoms with Gasteiger partial charge in [-0.25, -0.2) is 0 Å². The molecule has 0 saturated heterocycles. The number of aryl methyl sites for hydroxylation is 1. The van der Waals surface area contributed by atoms with Gasteiger partial charge in [0.25, 0.3) is 0 Å². The van der Waals surface area contributed by atoms with Gasteiger partial charge in [0, 0.05) is 6.61 Å². The van der Waals surface area contributed by atoms with Crippen molar-refractivity contribution in [1.82, 2.24) is 0 Å². The molecule has 1 aromatic rings. The van der Waals surface area contributed by atoms with E-state index < -0.39 is 11.4 Å². The zero-order valence-electron chi connectivity index (χ0n) is 12.8. The van der Waals surface area contributed by atoms with Crippen LogP contribution in [0.15, 0.2) is 24.3 Å². The van der Waals surface area contributed by atoms with E-state index >= 15 is 0 Å². The van der Waals surface area contributed by atoms with E-state index in [2.05, 4.69) is 24.3 Å². The fourth-order valence-electron chi connectivity index (χ4n) is 2.83. The summed E-state index contributed by atoms with van der Waals surface area (Å²) in [7, 11) is 0. The van der Waals surface area contributed by atoms with Crippen LogP contribution in [0.1, 0.15) is 56.3 Å². The van der Waals surface area contributed by atoms with Gasteiger partial charge in [-0.15, -0.1) is 0 Å². The zero-order chi connectivity index (χ0) is 15.3. The summed E-state index contributed by atoms with van der Waals surface area (Å²) in [6.45, 7) is 2.39. The van der Waals surface area contributed by atoms with Crippen LogP contribution in [-0.2, 0) is 16.0 Å². The predicted molar refractivity (Wildman–Crippen MR) is 83.7 cm³/mol. The van der Waals surface area contributed by atoms with Crippen LogP contribution in [0.3, 0.4) is 0 Å². The second kappa shape index (κ2) is 7.05. The van der Waals surface area contributed by atoms with E-state index in [1.54, 1.807) is 6.92 Å². The van der Waals surface area contributed by atoms with Crippen molar-refractivity contribution in [2.24, 2.45) is 11.5 Å². The van der Waals surface area contributed by atoms with Gasteiger partial charge in [-0.05, 0) is 56.6 Å². The highest BCUT2D eigenvalue weighted by molar-refractivity contribution is 5.83. The van der Waals surface area contributed by atoms with Gasteiger partial charge in [0.2, 0.25) is 5.91 Å². The van der Waals surface area contributed by atoms with Crippen molar-refractivity contribution in [3.05, 3.63) is 35.4 Å². The van der Waals surface area contributed by atoms with Gasteiger partial charge in [-0.1, -0.05) is 24.3 Å². The van der Waals surface area contributed by atoms with E-state index in [9.17, 15) is 4.79 Å². The second-order valence-electron chi connectivity index (χ2n) is 6.19. The summed E-state index contributed by atoms with van der Waals surface area (Å²) >= 11 is 0. The highest BCUT2D eigenvalue weighted by Crippen LogP contribution is 2.32. The zero-order valence-corrected chi connectivity index (χ0v) is 12.8. The summed E-state index contributed by atoms with van der Waals surface area (Å²) in [4.78, 5) is 11.1. The first kappa shape index (κ1) is 16.0. The first-order chi connectivity index (χ1) is 10.0. The van der Waals surface area contributed by atoms with E-state index in [0.29, 0.717) is 13.0 Å². The number of unbranched alkanes of at least 4 members (excludes halogenated alkanes) is 1. The molecule has 0 saturated carbocycles. The summed E-state index contributed by atoms with van der Waals surface area (Å²) in [5.74, 6) is -0.440. The lowest BCUT2D eigenvalue weighted by atomic mass is 9.89. The third-order valence-electron chi connectivity index (χ3n) is 4.29. The summed E-state index contributed by atoms with van der Waals surface area (Å²) in [6.07, 6.45) is 6.00. The number of benzene rings is 1. The van der Waals surface area contributed by atoms with Crippen molar-refractivity contribution in [3.63, 3.8) is 0 Å². The molecule has 116 valence electrons. The van der Waals surface area contributed by atoms with Gasteiger partial charge in [0.1, 0.15) is 0 Å². The average molecular weight is 290 g/mol. The van der Waals surface area contributed by atoms with Crippen LogP contribution in [0.5, 0.6) is 0 Å². The number of carbonyl (C=O) groups is 1. The molecule has 2 atom stereocenters. The van der Waals surface area contributed by atoms with Crippen molar-refractivity contribution in [2.75, 3.05) is 6.61 Å². The number of fused-ring (bicyclic) bond motifs is 1. The van der Waals surface area contributed by atoms with Crippen LogP contribution in [-0.4, -0.2) is 18.1 Å². The third-order valence-corrected chi connectivity index (χ3v) is 4.29. The van der Waals surface area contributed by atoms with Gasteiger partial charge in [-0.2, -0.15) is 0 Å². The molecular weight excluding hydrogens is 264 g/mol. The molecule has 0 spiro atoms. The van der Waals surface area contributed by atoms with Crippen LogP contribution < -0.4 is 11.5 Å². The topological polar surface area (TPSA) is 78.3 Å². The van der Waals surface area contributed by atoms with Crippen LogP contribution in [0.2, 0.25) is 0 Å². The van der Waals surface area contributed by atoms with Crippen molar-refractivity contribution in [1.29, 1.82) is 0 Å². The van der Waals surface area contributed by atoms with E-state index in [4.69, 9.17) is 16.2 Å². The summed E-state index contributed by atoms with van der Waals surface area (Å²) in [5, 5.41) is 0. The minimum Gasteiger partial charge on any atom is -0.374 e. The Hall–Kier alpha value is -1.39. The minimum atomic E-state index is -0.905. The molecule has 21 heavy (non-hydrogen) atoms. The Morgan fingerprint density at radius 2 is 2.14 bits per heavy atom. The average Bonchev–Trinajstić information content (AvgIpc) is 2.47. The molecule has 1 aromatic carbocycles. The van der Waals surface area contributed by atoms with Crippen LogP contribution in [0.4, 0.5) is 0 Å². The largest absolute Gasteiger partial charge is 0.374 e. The lowest BCUT2D eigenvalue weighted by molar-refractivity contribution is -0.122. The number of hydrogen-bond donors (Lipinski definition) is 2. The molecular formula is C17H26N2O2. The molecule has 1 aliphatic carbocycles. The summed E-state index contributed by atoms with van der Waals surface area (Å²) in [5.41, 5.74) is 12.9. The predicted octanol–water partition coefficient (Wildman–Crippen LogP) is 2.45. The molecule has 1 amide bonds. The van der Waals surface area contributed by atoms with Gasteiger partial charge in [0.05, 0.1) is 11.6 Å². The number of nitrogens with two attached hydrogens (primary N) is 2. The lowest BCUT2D eigenvalue weighted by Crippen LogP contribution is -2.49. The fraction of sp³-hybridized carbons (Fsp3) is 0.588. The van der Waals surface area contributed by atoms with Crippen molar-refractivity contribution >= 4 is 5.91 Å². The van der Waals surface area contributed by atoms with Gasteiger partial charge in [0.15, 0.2) is 0 Å². The standard InChI is InChI=1S/C17H26N2O2/c1-17(19,16(18)20)11-4-5-12-21-15-10-6-8-13-7-2-3-9-14(13)15/h2-3,7,9,15H,4-6,8,10-12,19H2,1H3,(H2,18,20). The molecule has 0 fully saturated rings. The van der Waals surface area contributed by atoms with Crippen molar-refractivity contribution in [3.8, 4) is 0 Å². The normalized spacial score (nSPS) is 20.6. The Bertz CT molecular complexity index is 485. The molecule has 0 bridgehead atoms.